The number of anilines is 1. The molecule has 1 aromatic rings. The molecule has 16 heavy (non-hydrogen) atoms. The van der Waals surface area contributed by atoms with Gasteiger partial charge < -0.3 is 20.8 Å². The normalized spacial score (nSPS) is 16.6. The van der Waals surface area contributed by atoms with Gasteiger partial charge in [-0.15, -0.1) is 0 Å². The van der Waals surface area contributed by atoms with Gasteiger partial charge in [0.15, 0.2) is 0 Å². The second kappa shape index (κ2) is 3.29. The van der Waals surface area contributed by atoms with E-state index in [4.69, 9.17) is 0 Å². The van der Waals surface area contributed by atoms with E-state index in [1.54, 1.807) is 0 Å². The minimum Gasteiger partial charge on any atom is -0.355 e. The Hall–Kier alpha value is -1.92. The van der Waals surface area contributed by atoms with Crippen LogP contribution in [0.25, 0.3) is 0 Å². The molecule has 0 saturated heterocycles. The molecule has 0 atom stereocenters. The largest absolute Gasteiger partial charge is 0.355 e. The highest BCUT2D eigenvalue weighted by Crippen LogP contribution is 2.34. The Morgan fingerprint density at radius 1 is 1.44 bits per heavy atom. The molecule has 1 aliphatic heterocycles. The molecule has 1 heterocycles. The molecule has 1 aliphatic rings. The molecule has 6 nitrogen and oxygen atoms in total. The van der Waals surface area contributed by atoms with Gasteiger partial charge in [-0.1, -0.05) is 0 Å². The third-order valence-corrected chi connectivity index (χ3v) is 2.45. The molecule has 6 heteroatoms. The Bertz CT molecular complexity index is 482. The van der Waals surface area contributed by atoms with E-state index in [2.05, 4.69) is 10.6 Å². The van der Waals surface area contributed by atoms with E-state index in [-0.39, 0.29) is 17.0 Å². The Balaban J connectivity index is 2.52. The average Bonchev–Trinajstić information content (AvgIpc) is 2.49. The van der Waals surface area contributed by atoms with Crippen molar-refractivity contribution in [3.05, 3.63) is 29.3 Å². The lowest BCUT2D eigenvalue weighted by Crippen LogP contribution is -2.33. The van der Waals surface area contributed by atoms with Crippen LogP contribution in [-0.2, 0) is 10.6 Å². The predicted octanol–water partition coefficient (Wildman–Crippen LogP) is -0.864. The van der Waals surface area contributed by atoms with Crippen LogP contribution in [0.2, 0.25) is 0 Å². The number of amides is 2. The van der Waals surface area contributed by atoms with Gasteiger partial charge in [-0.3, -0.25) is 9.59 Å². The number of rotatable bonds is 1. The lowest BCUT2D eigenvalue weighted by molar-refractivity contribution is -0.180. The van der Waals surface area contributed by atoms with Crippen LogP contribution >= 0.6 is 0 Å². The van der Waals surface area contributed by atoms with E-state index < -0.39 is 11.7 Å². The first-order valence-electron chi connectivity index (χ1n) is 4.59. The molecule has 2 rings (SSSR count). The summed E-state index contributed by atoms with van der Waals surface area (Å²) < 4.78 is 0. The number of hydrogen-bond donors (Lipinski definition) is 4. The van der Waals surface area contributed by atoms with Gasteiger partial charge in [0, 0.05) is 18.2 Å². The molecular weight excluding hydrogens is 212 g/mol. The first-order valence-corrected chi connectivity index (χ1v) is 4.59. The van der Waals surface area contributed by atoms with E-state index >= 15 is 0 Å². The molecular formula is C10H10N2O4. The van der Waals surface area contributed by atoms with Gasteiger partial charge >= 0.3 is 0 Å². The van der Waals surface area contributed by atoms with Crippen molar-refractivity contribution in [3.8, 4) is 0 Å². The number of aliphatic hydroxyl groups is 2. The lowest BCUT2D eigenvalue weighted by Gasteiger charge is -2.12. The summed E-state index contributed by atoms with van der Waals surface area (Å²) in [6.07, 6.45) is 0. The van der Waals surface area contributed by atoms with Crippen molar-refractivity contribution in [1.29, 1.82) is 0 Å². The van der Waals surface area contributed by atoms with Gasteiger partial charge in [-0.2, -0.15) is 0 Å². The zero-order valence-electron chi connectivity index (χ0n) is 8.44. The third kappa shape index (κ3) is 1.36. The summed E-state index contributed by atoms with van der Waals surface area (Å²) in [5.41, 5.74) is 0.534. The van der Waals surface area contributed by atoms with Crippen molar-refractivity contribution in [1.82, 2.24) is 5.32 Å². The molecule has 0 unspecified atom stereocenters. The number of hydrogen-bond acceptors (Lipinski definition) is 4. The van der Waals surface area contributed by atoms with Gasteiger partial charge in [-0.05, 0) is 18.2 Å². The predicted molar refractivity (Wildman–Crippen MR) is 54.6 cm³/mol. The minimum absolute atomic E-state index is 0.0152. The van der Waals surface area contributed by atoms with Crippen LogP contribution in [0, 0.1) is 0 Å². The van der Waals surface area contributed by atoms with Crippen molar-refractivity contribution in [2.45, 2.75) is 5.79 Å². The van der Waals surface area contributed by atoms with Crippen molar-refractivity contribution >= 4 is 17.5 Å². The molecule has 84 valence electrons. The molecule has 0 radical (unpaired) electrons. The fourth-order valence-corrected chi connectivity index (χ4v) is 1.56. The second-order valence-corrected chi connectivity index (χ2v) is 3.47. The van der Waals surface area contributed by atoms with E-state index in [9.17, 15) is 19.8 Å². The number of carbonyl (C=O) groups excluding carboxylic acids is 2. The summed E-state index contributed by atoms with van der Waals surface area (Å²) in [5, 5.41) is 23.7. The van der Waals surface area contributed by atoms with E-state index in [1.807, 2.05) is 0 Å². The van der Waals surface area contributed by atoms with Crippen molar-refractivity contribution in [2.75, 3.05) is 12.4 Å². The minimum atomic E-state index is -2.57. The zero-order chi connectivity index (χ0) is 11.9. The maximum atomic E-state index is 11.3. The van der Waals surface area contributed by atoms with Crippen molar-refractivity contribution in [3.63, 3.8) is 0 Å². The molecule has 2 amide bonds. The zero-order valence-corrected chi connectivity index (χ0v) is 8.44. The molecule has 4 N–H and O–H groups in total. The smallest absolute Gasteiger partial charge is 0.289 e. The fourth-order valence-electron chi connectivity index (χ4n) is 1.56. The number of benzene rings is 1. The molecule has 0 spiro atoms. The standard InChI is InChI=1S/C10H10N2O4/c1-11-8(13)5-2-3-7-6(4-5)10(15,16)9(14)12-7/h2-4,15-16H,1H3,(H,11,13)(H,12,14). The van der Waals surface area contributed by atoms with Crippen molar-refractivity contribution < 1.29 is 19.8 Å². The first kappa shape index (κ1) is 10.6. The molecule has 0 aliphatic carbocycles. The third-order valence-electron chi connectivity index (χ3n) is 2.45. The van der Waals surface area contributed by atoms with E-state index in [0.29, 0.717) is 5.69 Å². The molecule has 1 aromatic carbocycles. The highest BCUT2D eigenvalue weighted by Gasteiger charge is 2.43. The number of nitrogens with one attached hydrogen (secondary N) is 2. The molecule has 0 aromatic heterocycles. The summed E-state index contributed by atoms with van der Waals surface area (Å²) >= 11 is 0. The highest BCUT2D eigenvalue weighted by atomic mass is 16.5. The van der Waals surface area contributed by atoms with Crippen LogP contribution in [-0.4, -0.2) is 29.1 Å². The topological polar surface area (TPSA) is 98.7 Å². The van der Waals surface area contributed by atoms with E-state index in [1.165, 1.54) is 25.2 Å². The monoisotopic (exact) mass is 222 g/mol. The van der Waals surface area contributed by atoms with Crippen LogP contribution in [0.5, 0.6) is 0 Å². The SMILES string of the molecule is CNC(=O)c1ccc2c(c1)C(O)(O)C(=O)N2. The quantitative estimate of drug-likeness (QED) is 0.464. The molecule has 0 saturated carbocycles. The number of carbonyl (C=O) groups is 2. The molecule has 0 fully saturated rings. The summed E-state index contributed by atoms with van der Waals surface area (Å²) in [6.45, 7) is 0. The van der Waals surface area contributed by atoms with Gasteiger partial charge in [0.25, 0.3) is 17.6 Å². The summed E-state index contributed by atoms with van der Waals surface area (Å²) in [7, 11) is 1.46. The average molecular weight is 222 g/mol. The van der Waals surface area contributed by atoms with Gasteiger partial charge in [-0.25, -0.2) is 0 Å². The maximum absolute atomic E-state index is 11.3. The van der Waals surface area contributed by atoms with Gasteiger partial charge in [0.2, 0.25) is 0 Å². The summed E-state index contributed by atoms with van der Waals surface area (Å²) in [5.74, 6) is -3.85. The van der Waals surface area contributed by atoms with Gasteiger partial charge in [0.05, 0.1) is 5.69 Å². The van der Waals surface area contributed by atoms with Crippen LogP contribution in [0.1, 0.15) is 15.9 Å². The Morgan fingerprint density at radius 3 is 2.75 bits per heavy atom. The Kier molecular flexibility index (Phi) is 2.18. The highest BCUT2D eigenvalue weighted by molar-refractivity contribution is 6.05. The molecule has 0 bridgehead atoms. The van der Waals surface area contributed by atoms with Crippen LogP contribution < -0.4 is 10.6 Å². The number of fused-ring (bicyclic) bond motifs is 1. The van der Waals surface area contributed by atoms with Gasteiger partial charge in [0.1, 0.15) is 0 Å². The van der Waals surface area contributed by atoms with Crippen LogP contribution in [0.4, 0.5) is 5.69 Å². The fraction of sp³-hybridized carbons (Fsp3) is 0.200. The second-order valence-electron chi connectivity index (χ2n) is 3.47. The van der Waals surface area contributed by atoms with Crippen LogP contribution in [0.3, 0.4) is 0 Å². The Labute approximate surface area is 90.9 Å². The maximum Gasteiger partial charge on any atom is 0.289 e. The van der Waals surface area contributed by atoms with E-state index in [0.717, 1.165) is 0 Å². The first-order chi connectivity index (χ1) is 7.46. The lowest BCUT2D eigenvalue weighted by atomic mass is 10.0. The van der Waals surface area contributed by atoms with Crippen LogP contribution in [0.15, 0.2) is 18.2 Å². The summed E-state index contributed by atoms with van der Waals surface area (Å²) in [6, 6.07) is 4.21. The Morgan fingerprint density at radius 2 is 2.12 bits per heavy atom. The summed E-state index contributed by atoms with van der Waals surface area (Å²) in [4.78, 5) is 22.5. The van der Waals surface area contributed by atoms with Crippen molar-refractivity contribution in [2.24, 2.45) is 0 Å².